The Hall–Kier alpha value is -2.15. The van der Waals surface area contributed by atoms with Gasteiger partial charge in [-0.15, -0.1) is 11.3 Å². The third-order valence-corrected chi connectivity index (χ3v) is 4.10. The van der Waals surface area contributed by atoms with E-state index in [4.69, 9.17) is 4.74 Å². The number of aromatic nitrogens is 1. The fourth-order valence-corrected chi connectivity index (χ4v) is 2.61. The number of hydrogen-bond acceptors (Lipinski definition) is 4. The lowest BCUT2D eigenvalue weighted by molar-refractivity contribution is 0.203. The van der Waals surface area contributed by atoms with Crippen LogP contribution in [0.2, 0.25) is 0 Å². The zero-order valence-electron chi connectivity index (χ0n) is 12.7. The van der Waals surface area contributed by atoms with E-state index in [2.05, 4.69) is 10.3 Å². The van der Waals surface area contributed by atoms with Gasteiger partial charge >= 0.3 is 6.03 Å². The average molecular weight is 323 g/mol. The van der Waals surface area contributed by atoms with Crippen molar-refractivity contribution in [2.45, 2.75) is 19.5 Å². The van der Waals surface area contributed by atoms with Gasteiger partial charge in [0.25, 0.3) is 0 Å². The van der Waals surface area contributed by atoms with Crippen LogP contribution in [0, 0.1) is 5.82 Å². The van der Waals surface area contributed by atoms with Gasteiger partial charge in [0, 0.05) is 25.2 Å². The van der Waals surface area contributed by atoms with Crippen molar-refractivity contribution >= 4 is 17.4 Å². The zero-order chi connectivity index (χ0) is 16.1. The lowest BCUT2D eigenvalue weighted by atomic mass is 10.2. The fraction of sp³-hybridized carbons (Fsp3) is 0.333. The van der Waals surface area contributed by atoms with Crippen LogP contribution in [0.15, 0.2) is 29.8 Å². The molecule has 1 N–H and O–H groups in total. The molecule has 0 fully saturated rings. The highest BCUT2D eigenvalue weighted by molar-refractivity contribution is 7.09. The Morgan fingerprint density at radius 3 is 2.91 bits per heavy atom. The molecular weight excluding hydrogens is 305 g/mol. The molecule has 7 heteroatoms. The van der Waals surface area contributed by atoms with Gasteiger partial charge in [0.05, 0.1) is 13.2 Å². The second kappa shape index (κ2) is 7.22. The van der Waals surface area contributed by atoms with E-state index in [1.807, 2.05) is 12.3 Å². The summed E-state index contributed by atoms with van der Waals surface area (Å²) in [5.74, 6) is -0.252. The van der Waals surface area contributed by atoms with Crippen LogP contribution in [0.3, 0.4) is 0 Å². The summed E-state index contributed by atoms with van der Waals surface area (Å²) in [4.78, 5) is 17.8. The molecule has 0 spiro atoms. The van der Waals surface area contributed by atoms with Crippen LogP contribution in [-0.4, -0.2) is 30.1 Å². The number of methoxy groups -OCH3 is 1. The van der Waals surface area contributed by atoms with Crippen molar-refractivity contribution in [3.63, 3.8) is 0 Å². The van der Waals surface area contributed by atoms with Gasteiger partial charge in [0.1, 0.15) is 5.01 Å². The summed E-state index contributed by atoms with van der Waals surface area (Å²) in [6, 6.07) is 4.25. The molecule has 0 aliphatic heterocycles. The second-order valence-electron chi connectivity index (χ2n) is 4.87. The van der Waals surface area contributed by atoms with Gasteiger partial charge in [-0.1, -0.05) is 6.07 Å². The third kappa shape index (κ3) is 3.94. The second-order valence-corrected chi connectivity index (χ2v) is 5.79. The number of urea groups is 1. The van der Waals surface area contributed by atoms with Crippen LogP contribution < -0.4 is 10.1 Å². The van der Waals surface area contributed by atoms with Crippen LogP contribution >= 0.6 is 11.3 Å². The van der Waals surface area contributed by atoms with E-state index in [-0.39, 0.29) is 17.8 Å². The number of halogens is 1. The number of rotatable bonds is 5. The Labute approximate surface area is 132 Å². The highest BCUT2D eigenvalue weighted by Crippen LogP contribution is 2.19. The maximum absolute atomic E-state index is 13.6. The molecule has 0 radical (unpaired) electrons. The normalized spacial score (nSPS) is 11.8. The predicted octanol–water partition coefficient (Wildman–Crippen LogP) is 3.19. The number of carbonyl (C=O) groups is 1. The largest absolute Gasteiger partial charge is 0.494 e. The highest BCUT2D eigenvalue weighted by Gasteiger charge is 2.15. The van der Waals surface area contributed by atoms with E-state index >= 15 is 0 Å². The van der Waals surface area contributed by atoms with Gasteiger partial charge in [-0.05, 0) is 24.6 Å². The topological polar surface area (TPSA) is 54.5 Å². The summed E-state index contributed by atoms with van der Waals surface area (Å²) in [7, 11) is 3.07. The predicted molar refractivity (Wildman–Crippen MR) is 83.5 cm³/mol. The Balaban J connectivity index is 1.95. The fourth-order valence-electron chi connectivity index (χ4n) is 1.96. The summed E-state index contributed by atoms with van der Waals surface area (Å²) >= 11 is 1.49. The van der Waals surface area contributed by atoms with E-state index in [1.165, 1.54) is 29.4 Å². The molecule has 0 aliphatic rings. The summed E-state index contributed by atoms with van der Waals surface area (Å²) in [5, 5.41) is 5.56. The van der Waals surface area contributed by atoms with Crippen molar-refractivity contribution in [3.05, 3.63) is 46.2 Å². The quantitative estimate of drug-likeness (QED) is 0.919. The van der Waals surface area contributed by atoms with Crippen LogP contribution in [0.25, 0.3) is 0 Å². The molecule has 22 heavy (non-hydrogen) atoms. The minimum Gasteiger partial charge on any atom is -0.494 e. The molecule has 118 valence electrons. The van der Waals surface area contributed by atoms with E-state index in [9.17, 15) is 9.18 Å². The number of hydrogen-bond donors (Lipinski definition) is 1. The monoisotopic (exact) mass is 323 g/mol. The van der Waals surface area contributed by atoms with Crippen molar-refractivity contribution in [1.82, 2.24) is 15.2 Å². The minimum atomic E-state index is -0.440. The molecule has 0 saturated carbocycles. The number of amides is 2. The van der Waals surface area contributed by atoms with Crippen molar-refractivity contribution in [1.29, 1.82) is 0 Å². The zero-order valence-corrected chi connectivity index (χ0v) is 13.5. The standard InChI is InChI=1S/C15H18FN3O2S/c1-10(14-17-6-7-22-14)18-15(20)19(2)9-11-4-5-13(21-3)12(16)8-11/h4-8,10H,9H2,1-3H3,(H,18,20). The Morgan fingerprint density at radius 1 is 1.55 bits per heavy atom. The molecule has 1 unspecified atom stereocenters. The lowest BCUT2D eigenvalue weighted by Gasteiger charge is -2.20. The summed E-state index contributed by atoms with van der Waals surface area (Å²) in [6.45, 7) is 2.18. The van der Waals surface area contributed by atoms with Gasteiger partial charge < -0.3 is 15.0 Å². The maximum atomic E-state index is 13.6. The number of ether oxygens (including phenoxy) is 1. The molecule has 1 aromatic heterocycles. The van der Waals surface area contributed by atoms with Crippen LogP contribution in [0.1, 0.15) is 23.5 Å². The van der Waals surface area contributed by atoms with E-state index in [0.717, 1.165) is 5.01 Å². The molecule has 1 aromatic carbocycles. The van der Waals surface area contributed by atoms with Crippen molar-refractivity contribution < 1.29 is 13.9 Å². The molecule has 1 heterocycles. The number of thiazole rings is 1. The maximum Gasteiger partial charge on any atom is 0.317 e. The molecule has 0 aliphatic carbocycles. The first-order valence-electron chi connectivity index (χ1n) is 6.74. The molecule has 0 bridgehead atoms. The molecule has 5 nitrogen and oxygen atoms in total. The molecule has 0 saturated heterocycles. The SMILES string of the molecule is COc1ccc(CN(C)C(=O)NC(C)c2nccs2)cc1F. The van der Waals surface area contributed by atoms with Gasteiger partial charge in [0.2, 0.25) is 0 Å². The summed E-state index contributed by atoms with van der Waals surface area (Å²) < 4.78 is 18.5. The van der Waals surface area contributed by atoms with Crippen molar-refractivity contribution in [2.75, 3.05) is 14.2 Å². The smallest absolute Gasteiger partial charge is 0.317 e. The number of nitrogens with zero attached hydrogens (tertiary/aromatic N) is 2. The van der Waals surface area contributed by atoms with Crippen LogP contribution in [0.4, 0.5) is 9.18 Å². The molecule has 1 atom stereocenters. The third-order valence-electron chi connectivity index (χ3n) is 3.14. The molecule has 2 amide bonds. The van der Waals surface area contributed by atoms with Gasteiger partial charge in [-0.25, -0.2) is 14.2 Å². The Kier molecular flexibility index (Phi) is 5.32. The first-order valence-corrected chi connectivity index (χ1v) is 7.62. The Bertz CT molecular complexity index is 634. The van der Waals surface area contributed by atoms with Crippen LogP contribution in [-0.2, 0) is 6.54 Å². The van der Waals surface area contributed by atoms with E-state index in [0.29, 0.717) is 12.1 Å². The number of nitrogens with one attached hydrogen (secondary N) is 1. The van der Waals surface area contributed by atoms with Crippen molar-refractivity contribution in [2.24, 2.45) is 0 Å². The van der Waals surface area contributed by atoms with Crippen LogP contribution in [0.5, 0.6) is 5.75 Å². The Morgan fingerprint density at radius 2 is 2.32 bits per heavy atom. The van der Waals surface area contributed by atoms with Gasteiger partial charge in [-0.2, -0.15) is 0 Å². The minimum absolute atomic E-state index is 0.164. The molecular formula is C15H18FN3O2S. The van der Waals surface area contributed by atoms with Gasteiger partial charge in [0.15, 0.2) is 11.6 Å². The van der Waals surface area contributed by atoms with Gasteiger partial charge in [-0.3, -0.25) is 0 Å². The summed E-state index contributed by atoms with van der Waals surface area (Å²) in [6.07, 6.45) is 1.70. The highest BCUT2D eigenvalue weighted by atomic mass is 32.1. The van der Waals surface area contributed by atoms with Crippen molar-refractivity contribution in [3.8, 4) is 5.75 Å². The lowest BCUT2D eigenvalue weighted by Crippen LogP contribution is -2.38. The number of benzene rings is 1. The van der Waals surface area contributed by atoms with E-state index < -0.39 is 5.82 Å². The molecule has 2 rings (SSSR count). The summed E-state index contributed by atoms with van der Waals surface area (Å²) in [5.41, 5.74) is 0.692. The average Bonchev–Trinajstić information content (AvgIpc) is 3.01. The molecule has 2 aromatic rings. The van der Waals surface area contributed by atoms with E-state index in [1.54, 1.807) is 25.4 Å². The number of carbonyl (C=O) groups excluding carboxylic acids is 1. The first kappa shape index (κ1) is 16.2. The first-order chi connectivity index (χ1) is 10.5.